The first kappa shape index (κ1) is 27.4. The Morgan fingerprint density at radius 2 is 1.89 bits per heavy atom. The summed E-state index contributed by atoms with van der Waals surface area (Å²) in [4.78, 5) is 25.1. The van der Waals surface area contributed by atoms with Crippen LogP contribution in [0.4, 0.5) is 11.4 Å². The number of hydrogen-bond acceptors (Lipinski definition) is 8. The first-order valence-corrected chi connectivity index (χ1v) is 13.4. The average molecular weight is 532 g/mol. The van der Waals surface area contributed by atoms with Crippen LogP contribution in [0.3, 0.4) is 0 Å². The van der Waals surface area contributed by atoms with Crippen LogP contribution in [0, 0.1) is 0 Å². The summed E-state index contributed by atoms with van der Waals surface area (Å²) in [6, 6.07) is 21.5. The molecule has 0 bridgehead atoms. The summed E-state index contributed by atoms with van der Waals surface area (Å²) in [6.45, 7) is 3.31. The number of nitrogens with one attached hydrogen (secondary N) is 1. The van der Waals surface area contributed by atoms with Gasteiger partial charge < -0.3 is 16.6 Å². The number of rotatable bonds is 11. The largest absolute Gasteiger partial charge is 0.399 e. The second kappa shape index (κ2) is 13.3. The number of carbonyl (C=O) groups excluding carboxylic acids is 1. The number of hydrogen-bond donors (Lipinski definition) is 4. The first-order valence-electron chi connectivity index (χ1n) is 12.5. The maximum Gasteiger partial charge on any atom is 0.273 e. The molecule has 1 heterocycles. The lowest BCUT2D eigenvalue weighted by Gasteiger charge is -2.22. The number of benzene rings is 3. The van der Waals surface area contributed by atoms with Crippen LogP contribution in [0.5, 0.6) is 0 Å². The van der Waals surface area contributed by atoms with Gasteiger partial charge in [-0.15, -0.1) is 0 Å². The summed E-state index contributed by atoms with van der Waals surface area (Å²) < 4.78 is 3.12. The quantitative estimate of drug-likeness (QED) is 0.123. The molecule has 4 rings (SSSR count). The molecule has 9 heteroatoms. The number of nitrogens with zero attached hydrogens (tertiary/aromatic N) is 2. The van der Waals surface area contributed by atoms with Gasteiger partial charge >= 0.3 is 0 Å². The molecular formula is C29H33N5O3S. The standard InChI is InChI=1S/C29H33N5O3S/c1-2-13-34(37-19-20-6-10-25(30)11-7-20)29(36)24-15-23-9-8-22(17-27(23)33-28(31)18-24)21-4-3-5-26(16-21)38-32-12-14-35/h3-11,15-17,32,35H,2,12-14,18-19,30H2,1H3,(H2,31,33). The molecule has 3 aromatic rings. The number of anilines is 1. The number of aliphatic imine (C=N–C) groups is 1. The van der Waals surface area contributed by atoms with Crippen molar-refractivity contribution in [3.63, 3.8) is 0 Å². The van der Waals surface area contributed by atoms with E-state index < -0.39 is 0 Å². The van der Waals surface area contributed by atoms with Crippen LogP contribution in [0.25, 0.3) is 17.2 Å². The molecule has 0 fully saturated rings. The number of amidine groups is 1. The van der Waals surface area contributed by atoms with Crippen LogP contribution in [0.15, 0.2) is 82.2 Å². The van der Waals surface area contributed by atoms with Crippen LogP contribution in [-0.2, 0) is 16.2 Å². The Kier molecular flexibility index (Phi) is 9.56. The zero-order valence-electron chi connectivity index (χ0n) is 21.4. The highest BCUT2D eigenvalue weighted by molar-refractivity contribution is 7.97. The number of nitrogens with two attached hydrogens (primary N) is 2. The van der Waals surface area contributed by atoms with E-state index in [1.165, 1.54) is 17.0 Å². The van der Waals surface area contributed by atoms with Crippen molar-refractivity contribution in [3.8, 4) is 11.1 Å². The summed E-state index contributed by atoms with van der Waals surface area (Å²) in [5.41, 5.74) is 17.7. The molecule has 0 aliphatic carbocycles. The summed E-state index contributed by atoms with van der Waals surface area (Å²) >= 11 is 1.47. The first-order chi connectivity index (χ1) is 18.5. The molecule has 0 aromatic heterocycles. The van der Waals surface area contributed by atoms with Gasteiger partial charge in [0, 0.05) is 41.2 Å². The molecular weight excluding hydrogens is 498 g/mol. The maximum absolute atomic E-state index is 13.5. The van der Waals surface area contributed by atoms with E-state index in [-0.39, 0.29) is 25.5 Å². The molecule has 6 N–H and O–H groups in total. The number of carbonyl (C=O) groups is 1. The molecule has 0 saturated heterocycles. The van der Waals surface area contributed by atoms with Crippen LogP contribution in [-0.4, -0.2) is 41.6 Å². The lowest BCUT2D eigenvalue weighted by molar-refractivity contribution is -0.187. The van der Waals surface area contributed by atoms with Gasteiger partial charge in [0.05, 0.1) is 12.3 Å². The SMILES string of the molecule is CCCN(OCc1ccc(N)cc1)C(=O)C1=Cc2ccc(-c3cccc(SNCCO)c3)cc2N=C(N)C1. The minimum absolute atomic E-state index is 0.0832. The van der Waals surface area contributed by atoms with Crippen molar-refractivity contribution in [2.75, 3.05) is 25.4 Å². The van der Waals surface area contributed by atoms with E-state index in [1.807, 2.05) is 73.7 Å². The molecule has 8 nitrogen and oxygen atoms in total. The predicted molar refractivity (Wildman–Crippen MR) is 154 cm³/mol. The molecule has 0 saturated carbocycles. The van der Waals surface area contributed by atoms with Crippen LogP contribution in [0.1, 0.15) is 30.9 Å². The molecule has 198 valence electrons. The lowest BCUT2D eigenvalue weighted by Crippen LogP contribution is -2.34. The summed E-state index contributed by atoms with van der Waals surface area (Å²) in [5, 5.41) is 10.4. The normalized spacial score (nSPS) is 12.8. The Balaban J connectivity index is 1.55. The van der Waals surface area contributed by atoms with Gasteiger partial charge in [-0.3, -0.25) is 14.4 Å². The van der Waals surface area contributed by atoms with Gasteiger partial charge in [0.2, 0.25) is 0 Å². The molecule has 38 heavy (non-hydrogen) atoms. The van der Waals surface area contributed by atoms with E-state index in [4.69, 9.17) is 21.4 Å². The molecule has 1 aliphatic heterocycles. The van der Waals surface area contributed by atoms with Crippen LogP contribution >= 0.6 is 11.9 Å². The lowest BCUT2D eigenvalue weighted by atomic mass is 10.0. The van der Waals surface area contributed by atoms with Gasteiger partial charge in [0.15, 0.2) is 0 Å². The second-order valence-corrected chi connectivity index (χ2v) is 9.86. The van der Waals surface area contributed by atoms with E-state index >= 15 is 0 Å². The Labute approximate surface area is 227 Å². The molecule has 0 radical (unpaired) electrons. The van der Waals surface area contributed by atoms with E-state index in [2.05, 4.69) is 15.8 Å². The van der Waals surface area contributed by atoms with Crippen molar-refractivity contribution < 1.29 is 14.7 Å². The monoisotopic (exact) mass is 531 g/mol. The van der Waals surface area contributed by atoms with Crippen molar-refractivity contribution in [2.24, 2.45) is 10.7 Å². The molecule has 1 aliphatic rings. The van der Waals surface area contributed by atoms with Gasteiger partial charge in [-0.1, -0.05) is 43.3 Å². The predicted octanol–water partition coefficient (Wildman–Crippen LogP) is 4.67. The highest BCUT2D eigenvalue weighted by Gasteiger charge is 2.22. The minimum atomic E-state index is -0.225. The smallest absolute Gasteiger partial charge is 0.273 e. The molecule has 1 amide bonds. The van der Waals surface area contributed by atoms with Gasteiger partial charge in [-0.05, 0) is 71.5 Å². The molecule has 3 aromatic carbocycles. The Morgan fingerprint density at radius 3 is 2.66 bits per heavy atom. The fraction of sp³-hybridized carbons (Fsp3) is 0.241. The minimum Gasteiger partial charge on any atom is -0.399 e. The molecule has 0 spiro atoms. The third-order valence-electron chi connectivity index (χ3n) is 5.86. The van der Waals surface area contributed by atoms with Gasteiger partial charge in [-0.2, -0.15) is 0 Å². The Bertz CT molecular complexity index is 1320. The number of nitrogen functional groups attached to an aromatic ring is 1. The fourth-order valence-electron chi connectivity index (χ4n) is 3.98. The average Bonchev–Trinajstić information content (AvgIpc) is 3.09. The second-order valence-electron chi connectivity index (χ2n) is 8.89. The topological polar surface area (TPSA) is 126 Å². The zero-order chi connectivity index (χ0) is 26.9. The number of amides is 1. The van der Waals surface area contributed by atoms with E-state index in [9.17, 15) is 4.79 Å². The van der Waals surface area contributed by atoms with Crippen LogP contribution in [0.2, 0.25) is 0 Å². The van der Waals surface area contributed by atoms with Crippen molar-refractivity contribution in [2.45, 2.75) is 31.3 Å². The number of hydroxylamine groups is 2. The maximum atomic E-state index is 13.5. The number of fused-ring (bicyclic) bond motifs is 1. The van der Waals surface area contributed by atoms with Crippen molar-refractivity contribution >= 4 is 41.1 Å². The van der Waals surface area contributed by atoms with E-state index in [1.54, 1.807) is 0 Å². The summed E-state index contributed by atoms with van der Waals surface area (Å²) in [5.74, 6) is 0.144. The summed E-state index contributed by atoms with van der Waals surface area (Å²) in [7, 11) is 0. The van der Waals surface area contributed by atoms with Crippen LogP contribution < -0.4 is 16.2 Å². The number of aliphatic hydroxyl groups excluding tert-OH is 1. The number of aliphatic hydroxyl groups is 1. The fourth-order valence-corrected chi connectivity index (χ4v) is 4.67. The van der Waals surface area contributed by atoms with Crippen molar-refractivity contribution in [1.82, 2.24) is 9.79 Å². The summed E-state index contributed by atoms with van der Waals surface area (Å²) in [6.07, 6.45) is 2.83. The van der Waals surface area contributed by atoms with E-state index in [0.29, 0.717) is 35.9 Å². The zero-order valence-corrected chi connectivity index (χ0v) is 22.2. The molecule has 0 atom stereocenters. The van der Waals surface area contributed by atoms with Gasteiger partial charge in [-0.25, -0.2) is 10.1 Å². The third-order valence-corrected chi connectivity index (χ3v) is 6.70. The highest BCUT2D eigenvalue weighted by atomic mass is 32.2. The molecule has 0 unspecified atom stereocenters. The van der Waals surface area contributed by atoms with Crippen molar-refractivity contribution in [1.29, 1.82) is 0 Å². The van der Waals surface area contributed by atoms with E-state index in [0.717, 1.165) is 33.6 Å². The Morgan fingerprint density at radius 1 is 1.11 bits per heavy atom. The van der Waals surface area contributed by atoms with Crippen molar-refractivity contribution in [3.05, 3.63) is 83.4 Å². The highest BCUT2D eigenvalue weighted by Crippen LogP contribution is 2.33. The van der Waals surface area contributed by atoms with Gasteiger partial charge in [0.25, 0.3) is 5.91 Å². The van der Waals surface area contributed by atoms with Gasteiger partial charge in [0.1, 0.15) is 12.4 Å². The third kappa shape index (κ3) is 7.23. The Hall–Kier alpha value is -3.63.